The molecule has 0 aromatic heterocycles. The van der Waals surface area contributed by atoms with Gasteiger partial charge in [0, 0.05) is 17.1 Å². The lowest BCUT2D eigenvalue weighted by Gasteiger charge is -2.11. The Labute approximate surface area is 107 Å². The Morgan fingerprint density at radius 3 is 3.12 bits per heavy atom. The first-order chi connectivity index (χ1) is 8.16. The molecule has 2 rings (SSSR count). The van der Waals surface area contributed by atoms with Crippen molar-refractivity contribution in [1.29, 1.82) is 0 Å². The molecule has 92 valence electrons. The van der Waals surface area contributed by atoms with Gasteiger partial charge in [-0.1, -0.05) is 17.7 Å². The molecule has 3 nitrogen and oxygen atoms in total. The van der Waals surface area contributed by atoms with E-state index in [1.807, 2.05) is 13.0 Å². The monoisotopic (exact) mass is 252 g/mol. The summed E-state index contributed by atoms with van der Waals surface area (Å²) >= 11 is 5.90. The van der Waals surface area contributed by atoms with E-state index in [1.165, 1.54) is 0 Å². The quantitative estimate of drug-likeness (QED) is 0.864. The van der Waals surface area contributed by atoms with E-state index in [2.05, 4.69) is 10.6 Å². The van der Waals surface area contributed by atoms with Crippen LogP contribution in [0, 0.1) is 12.8 Å². The van der Waals surface area contributed by atoms with Crippen molar-refractivity contribution in [3.8, 4) is 0 Å². The summed E-state index contributed by atoms with van der Waals surface area (Å²) in [5.41, 5.74) is 1.62. The van der Waals surface area contributed by atoms with E-state index >= 15 is 0 Å². The molecule has 2 N–H and O–H groups in total. The third-order valence-corrected chi connectivity index (χ3v) is 3.39. The molecule has 4 heteroatoms. The molecule has 1 aromatic carbocycles. The molecule has 0 spiro atoms. The lowest BCUT2D eigenvalue weighted by atomic mass is 10.1. The molecule has 1 atom stereocenters. The summed E-state index contributed by atoms with van der Waals surface area (Å²) in [5, 5.41) is 6.86. The Kier molecular flexibility index (Phi) is 4.02. The zero-order chi connectivity index (χ0) is 12.3. The second-order valence-electron chi connectivity index (χ2n) is 4.53. The fourth-order valence-corrected chi connectivity index (χ4v) is 2.23. The minimum Gasteiger partial charge on any atom is -0.352 e. The third-order valence-electron chi connectivity index (χ3n) is 3.16. The predicted molar refractivity (Wildman–Crippen MR) is 69.5 cm³/mol. The largest absolute Gasteiger partial charge is 0.352 e. The average molecular weight is 253 g/mol. The highest BCUT2D eigenvalue weighted by atomic mass is 35.5. The maximum absolute atomic E-state index is 12.0. The third kappa shape index (κ3) is 3.20. The number of nitrogens with one attached hydrogen (secondary N) is 2. The Balaban J connectivity index is 1.96. The summed E-state index contributed by atoms with van der Waals surface area (Å²) in [6, 6.07) is 5.39. The second kappa shape index (κ2) is 5.52. The minimum atomic E-state index is -0.0306. The van der Waals surface area contributed by atoms with E-state index in [0.29, 0.717) is 16.5 Å². The van der Waals surface area contributed by atoms with Crippen LogP contribution in [0.15, 0.2) is 18.2 Å². The summed E-state index contributed by atoms with van der Waals surface area (Å²) < 4.78 is 0. The van der Waals surface area contributed by atoms with Gasteiger partial charge in [0.1, 0.15) is 0 Å². The molecule has 1 unspecified atom stereocenters. The van der Waals surface area contributed by atoms with E-state index in [0.717, 1.165) is 31.6 Å². The molecule has 0 radical (unpaired) electrons. The molecular weight excluding hydrogens is 236 g/mol. The van der Waals surface area contributed by atoms with Crippen LogP contribution in [0.3, 0.4) is 0 Å². The molecule has 1 fully saturated rings. The van der Waals surface area contributed by atoms with Gasteiger partial charge in [-0.05, 0) is 50.0 Å². The molecule has 1 saturated heterocycles. The van der Waals surface area contributed by atoms with Gasteiger partial charge in [0.15, 0.2) is 0 Å². The fraction of sp³-hybridized carbons (Fsp3) is 0.462. The van der Waals surface area contributed by atoms with E-state index in [9.17, 15) is 4.79 Å². The van der Waals surface area contributed by atoms with Crippen molar-refractivity contribution in [2.45, 2.75) is 13.3 Å². The predicted octanol–water partition coefficient (Wildman–Crippen LogP) is 1.99. The number of carbonyl (C=O) groups excluding carboxylic acids is 1. The maximum Gasteiger partial charge on any atom is 0.251 e. The lowest BCUT2D eigenvalue weighted by molar-refractivity contribution is 0.0947. The highest BCUT2D eigenvalue weighted by Crippen LogP contribution is 2.15. The Morgan fingerprint density at radius 2 is 2.41 bits per heavy atom. The molecule has 0 aliphatic carbocycles. The molecule has 1 heterocycles. The zero-order valence-corrected chi connectivity index (χ0v) is 10.7. The Morgan fingerprint density at radius 1 is 1.59 bits per heavy atom. The number of aryl methyl sites for hydroxylation is 1. The smallest absolute Gasteiger partial charge is 0.251 e. The zero-order valence-electron chi connectivity index (χ0n) is 9.92. The van der Waals surface area contributed by atoms with Crippen molar-refractivity contribution >= 4 is 17.5 Å². The molecule has 17 heavy (non-hydrogen) atoms. The van der Waals surface area contributed by atoms with Crippen molar-refractivity contribution in [1.82, 2.24) is 10.6 Å². The molecule has 0 bridgehead atoms. The van der Waals surface area contributed by atoms with E-state index < -0.39 is 0 Å². The summed E-state index contributed by atoms with van der Waals surface area (Å²) in [5.74, 6) is 0.523. The number of halogens is 1. The summed E-state index contributed by atoms with van der Waals surface area (Å²) in [6.07, 6.45) is 1.13. The van der Waals surface area contributed by atoms with Gasteiger partial charge in [-0.3, -0.25) is 4.79 Å². The second-order valence-corrected chi connectivity index (χ2v) is 4.96. The van der Waals surface area contributed by atoms with Crippen molar-refractivity contribution in [3.63, 3.8) is 0 Å². The van der Waals surface area contributed by atoms with Gasteiger partial charge in [-0.25, -0.2) is 0 Å². The molecule has 1 aliphatic rings. The minimum absolute atomic E-state index is 0.0306. The topological polar surface area (TPSA) is 41.1 Å². The van der Waals surface area contributed by atoms with Crippen LogP contribution in [-0.2, 0) is 0 Å². The van der Waals surface area contributed by atoms with Gasteiger partial charge in [0.25, 0.3) is 5.91 Å². The van der Waals surface area contributed by atoms with Crippen molar-refractivity contribution < 1.29 is 4.79 Å². The molecular formula is C13H17ClN2O. The van der Waals surface area contributed by atoms with Crippen LogP contribution in [0.25, 0.3) is 0 Å². The van der Waals surface area contributed by atoms with Gasteiger partial charge >= 0.3 is 0 Å². The number of carbonyl (C=O) groups is 1. The van der Waals surface area contributed by atoms with Crippen LogP contribution < -0.4 is 10.6 Å². The molecule has 1 aliphatic heterocycles. The van der Waals surface area contributed by atoms with Crippen LogP contribution in [-0.4, -0.2) is 25.5 Å². The first kappa shape index (κ1) is 12.4. The maximum atomic E-state index is 12.0. The van der Waals surface area contributed by atoms with Crippen molar-refractivity contribution in [2.75, 3.05) is 19.6 Å². The van der Waals surface area contributed by atoms with Crippen LogP contribution in [0.2, 0.25) is 5.02 Å². The van der Waals surface area contributed by atoms with Gasteiger partial charge < -0.3 is 10.6 Å². The van der Waals surface area contributed by atoms with Gasteiger partial charge in [0.05, 0.1) is 0 Å². The highest BCUT2D eigenvalue weighted by Gasteiger charge is 2.16. The van der Waals surface area contributed by atoms with Crippen molar-refractivity contribution in [2.24, 2.45) is 5.92 Å². The number of hydrogen-bond acceptors (Lipinski definition) is 2. The standard InChI is InChI=1S/C13H17ClN2O/c1-9-2-3-11(14)6-12(9)13(17)16-8-10-4-5-15-7-10/h2-3,6,10,15H,4-5,7-8H2,1H3,(H,16,17). The van der Waals surface area contributed by atoms with E-state index in [-0.39, 0.29) is 5.91 Å². The highest BCUT2D eigenvalue weighted by molar-refractivity contribution is 6.31. The molecule has 1 aromatic rings. The van der Waals surface area contributed by atoms with Crippen LogP contribution >= 0.6 is 11.6 Å². The number of amides is 1. The average Bonchev–Trinajstić information content (AvgIpc) is 2.82. The Hall–Kier alpha value is -1.06. The lowest BCUT2D eigenvalue weighted by Crippen LogP contribution is -2.30. The van der Waals surface area contributed by atoms with Crippen LogP contribution in [0.4, 0.5) is 0 Å². The van der Waals surface area contributed by atoms with E-state index in [1.54, 1.807) is 12.1 Å². The SMILES string of the molecule is Cc1ccc(Cl)cc1C(=O)NCC1CCNC1. The number of benzene rings is 1. The van der Waals surface area contributed by atoms with E-state index in [4.69, 9.17) is 11.6 Å². The fourth-order valence-electron chi connectivity index (χ4n) is 2.06. The normalized spacial score (nSPS) is 19.3. The first-order valence-electron chi connectivity index (χ1n) is 5.92. The van der Waals surface area contributed by atoms with Gasteiger partial charge in [-0.15, -0.1) is 0 Å². The van der Waals surface area contributed by atoms with Crippen LogP contribution in [0.5, 0.6) is 0 Å². The summed E-state index contributed by atoms with van der Waals surface area (Å²) in [4.78, 5) is 12.0. The van der Waals surface area contributed by atoms with Gasteiger partial charge in [0.2, 0.25) is 0 Å². The Bertz CT molecular complexity index is 414. The number of rotatable bonds is 3. The molecule has 1 amide bonds. The van der Waals surface area contributed by atoms with Gasteiger partial charge in [-0.2, -0.15) is 0 Å². The first-order valence-corrected chi connectivity index (χ1v) is 6.29. The number of hydrogen-bond donors (Lipinski definition) is 2. The molecule has 0 saturated carbocycles. The summed E-state index contributed by atoms with van der Waals surface area (Å²) in [7, 11) is 0. The van der Waals surface area contributed by atoms with Crippen LogP contribution in [0.1, 0.15) is 22.3 Å². The van der Waals surface area contributed by atoms with Crippen molar-refractivity contribution in [3.05, 3.63) is 34.3 Å². The summed E-state index contributed by atoms with van der Waals surface area (Å²) in [6.45, 7) is 4.70.